The quantitative estimate of drug-likeness (QED) is 0.299. The number of aliphatic hydroxyl groups is 4. The summed E-state index contributed by atoms with van der Waals surface area (Å²) in [4.78, 5) is 26.1. The van der Waals surface area contributed by atoms with Gasteiger partial charge in [0, 0.05) is 26.2 Å². The Morgan fingerprint density at radius 1 is 1.07 bits per heavy atom. The minimum absolute atomic E-state index is 0.0220. The van der Waals surface area contributed by atoms with Gasteiger partial charge in [0.05, 0.1) is 46.9 Å². The molecule has 6 rings (SSSR count). The number of hydrogen-bond acceptors (Lipinski definition) is 11. The fourth-order valence-corrected chi connectivity index (χ4v) is 8.85. The number of ether oxygens (including phenoxy) is 5. The number of hydrogen-bond donors (Lipinski definition) is 4. The van der Waals surface area contributed by atoms with Gasteiger partial charge in [-0.15, -0.1) is 0 Å². The summed E-state index contributed by atoms with van der Waals surface area (Å²) in [5, 5.41) is 47.4. The Morgan fingerprint density at radius 2 is 1.74 bits per heavy atom. The molecule has 1 aromatic rings. The number of aliphatic hydroxyl groups excluding tert-OH is 3. The lowest BCUT2D eigenvalue weighted by atomic mass is 9.50. The summed E-state index contributed by atoms with van der Waals surface area (Å²) in [5.74, 6) is -3.93. The Hall–Kier alpha value is -2.38. The monoisotopic (exact) mass is 588 g/mol. The molecule has 11 nitrogen and oxygen atoms in total. The first-order valence-electron chi connectivity index (χ1n) is 14.4. The van der Waals surface area contributed by atoms with Crippen LogP contribution in [0.5, 0.6) is 0 Å². The molecule has 230 valence electrons. The third-order valence-corrected chi connectivity index (χ3v) is 10.7. The van der Waals surface area contributed by atoms with E-state index in [1.807, 2.05) is 0 Å². The van der Waals surface area contributed by atoms with Gasteiger partial charge in [0.15, 0.2) is 0 Å². The van der Waals surface area contributed by atoms with Crippen molar-refractivity contribution in [2.75, 3.05) is 6.61 Å². The second-order valence-electron chi connectivity index (χ2n) is 13.4. The van der Waals surface area contributed by atoms with Crippen molar-refractivity contribution in [3.8, 4) is 0 Å². The highest BCUT2D eigenvalue weighted by molar-refractivity contribution is 5.89. The van der Waals surface area contributed by atoms with Crippen LogP contribution in [-0.4, -0.2) is 92.8 Å². The molecule has 0 amide bonds. The maximum atomic E-state index is 13.7. The highest BCUT2D eigenvalue weighted by Gasteiger charge is 2.81. The van der Waals surface area contributed by atoms with Gasteiger partial charge in [0.1, 0.15) is 23.9 Å². The van der Waals surface area contributed by atoms with Crippen molar-refractivity contribution in [3.05, 3.63) is 47.0 Å². The van der Waals surface area contributed by atoms with E-state index in [0.29, 0.717) is 5.57 Å². The van der Waals surface area contributed by atoms with Crippen molar-refractivity contribution in [2.24, 2.45) is 16.7 Å². The molecule has 0 radical (unpaired) electrons. The Morgan fingerprint density at radius 3 is 2.36 bits per heavy atom. The second kappa shape index (κ2) is 9.31. The van der Waals surface area contributed by atoms with Crippen LogP contribution in [0, 0.1) is 16.7 Å². The van der Waals surface area contributed by atoms with Crippen molar-refractivity contribution < 1.29 is 53.7 Å². The normalized spacial score (nSPS) is 46.0. The van der Waals surface area contributed by atoms with Crippen LogP contribution in [0.2, 0.25) is 0 Å². The predicted molar refractivity (Wildman–Crippen MR) is 145 cm³/mol. The van der Waals surface area contributed by atoms with Crippen LogP contribution in [0.3, 0.4) is 0 Å². The zero-order valence-electron chi connectivity index (χ0n) is 24.7. The zero-order valence-corrected chi connectivity index (χ0v) is 24.7. The van der Waals surface area contributed by atoms with Gasteiger partial charge in [-0.25, -0.2) is 4.79 Å². The molecule has 4 fully saturated rings. The van der Waals surface area contributed by atoms with Gasteiger partial charge in [0.25, 0.3) is 5.97 Å². The van der Waals surface area contributed by atoms with Crippen LogP contribution in [-0.2, 0) is 28.5 Å². The smallest absolute Gasteiger partial charge is 0.338 e. The average molecular weight is 589 g/mol. The molecule has 2 aliphatic heterocycles. The predicted octanol–water partition coefficient (Wildman–Crippen LogP) is 1.60. The molecule has 1 spiro atoms. The Bertz CT molecular complexity index is 1320. The van der Waals surface area contributed by atoms with Crippen molar-refractivity contribution in [1.82, 2.24) is 0 Å². The van der Waals surface area contributed by atoms with Crippen LogP contribution >= 0.6 is 0 Å². The molecule has 0 unspecified atom stereocenters. The van der Waals surface area contributed by atoms with Crippen LogP contribution in [0.1, 0.15) is 64.7 Å². The van der Waals surface area contributed by atoms with Gasteiger partial charge >= 0.3 is 11.9 Å². The zero-order chi connectivity index (χ0) is 30.6. The van der Waals surface area contributed by atoms with Crippen molar-refractivity contribution in [1.29, 1.82) is 0 Å². The van der Waals surface area contributed by atoms with Crippen LogP contribution in [0.15, 0.2) is 41.5 Å². The Kier molecular flexibility index (Phi) is 6.58. The summed E-state index contributed by atoms with van der Waals surface area (Å²) in [7, 11) is 0. The minimum atomic E-state index is -1.62. The van der Waals surface area contributed by atoms with E-state index in [1.165, 1.54) is 6.92 Å². The van der Waals surface area contributed by atoms with E-state index in [1.54, 1.807) is 65.0 Å². The molecule has 2 heterocycles. The lowest BCUT2D eigenvalue weighted by Gasteiger charge is -2.63. The standard InChI is InChI=1S/C31H40O11/c1-15-18(33)13-30(27(3,4)37)21(15)22(35)24(40-26(36)17-10-8-7-9-11-17)28(5)20(39-16(2)32)12-19(34)31-14-38-29(6,42-31)41-25(30)23(28)31/h7-11,18-20,22-25,33-35,37H,12-14H2,1-6H3/t18-,19-,20-,22+,23-,24-,25-,28+,29-,30-,31-/m0/s1. The molecule has 4 N–H and O–H groups in total. The Labute approximate surface area is 244 Å². The van der Waals surface area contributed by atoms with Gasteiger partial charge in [-0.1, -0.05) is 25.1 Å². The molecule has 2 bridgehead atoms. The van der Waals surface area contributed by atoms with E-state index < -0.39 is 82.5 Å². The van der Waals surface area contributed by atoms with E-state index in [4.69, 9.17) is 23.7 Å². The van der Waals surface area contributed by atoms with Gasteiger partial charge in [-0.05, 0) is 50.5 Å². The van der Waals surface area contributed by atoms with Gasteiger partial charge in [0.2, 0.25) is 0 Å². The number of fused-ring (bicyclic) bond motifs is 3. The van der Waals surface area contributed by atoms with Crippen LogP contribution < -0.4 is 0 Å². The first-order valence-corrected chi connectivity index (χ1v) is 14.4. The van der Waals surface area contributed by atoms with Crippen LogP contribution in [0.4, 0.5) is 0 Å². The Balaban J connectivity index is 1.66. The van der Waals surface area contributed by atoms with E-state index in [2.05, 4.69) is 0 Å². The highest BCUT2D eigenvalue weighted by Crippen LogP contribution is 2.70. The fourth-order valence-electron chi connectivity index (χ4n) is 8.85. The topological polar surface area (TPSA) is 161 Å². The molecule has 2 saturated heterocycles. The molecule has 0 aromatic heterocycles. The number of carbonyl (C=O) groups excluding carboxylic acids is 2. The molecule has 11 atom stereocenters. The van der Waals surface area contributed by atoms with E-state index in [0.717, 1.165) is 0 Å². The molecule has 3 aliphatic carbocycles. The van der Waals surface area contributed by atoms with Gasteiger partial charge in [-0.3, -0.25) is 4.79 Å². The van der Waals surface area contributed by atoms with Gasteiger partial charge < -0.3 is 44.1 Å². The molecular weight excluding hydrogens is 548 g/mol. The number of carbonyl (C=O) groups is 2. The van der Waals surface area contributed by atoms with E-state index >= 15 is 0 Å². The number of esters is 2. The SMILES string of the molecule is CC(=O)O[C@H]1C[C@H](O)[C@@]23CO[C@@](C)(O[C@H]4[C@H]2[C@]1(C)[C@@H](OC(=O)c1ccccc1)[C@H](O)C1=C(C)[C@@H](O)C[C@]14C(C)(C)O)O3. The molecule has 2 saturated carbocycles. The summed E-state index contributed by atoms with van der Waals surface area (Å²) in [6.45, 7) is 9.29. The van der Waals surface area contributed by atoms with Crippen LogP contribution in [0.25, 0.3) is 0 Å². The second-order valence-corrected chi connectivity index (χ2v) is 13.4. The summed E-state index contributed by atoms with van der Waals surface area (Å²) in [5.41, 5.74) is -5.01. The molecule has 5 aliphatic rings. The lowest BCUT2D eigenvalue weighted by molar-refractivity contribution is -0.435. The van der Waals surface area contributed by atoms with E-state index in [-0.39, 0.29) is 30.6 Å². The first-order chi connectivity index (χ1) is 19.5. The highest BCUT2D eigenvalue weighted by atomic mass is 16.9. The van der Waals surface area contributed by atoms with Crippen molar-refractivity contribution in [2.45, 2.75) is 108 Å². The summed E-state index contributed by atoms with van der Waals surface area (Å²) in [6, 6.07) is 8.29. The largest absolute Gasteiger partial charge is 0.462 e. The molecule has 1 aromatic carbocycles. The number of benzene rings is 1. The summed E-state index contributed by atoms with van der Waals surface area (Å²) < 4.78 is 31.1. The molecule has 42 heavy (non-hydrogen) atoms. The van der Waals surface area contributed by atoms with E-state index in [9.17, 15) is 30.0 Å². The minimum Gasteiger partial charge on any atom is -0.462 e. The number of rotatable bonds is 4. The van der Waals surface area contributed by atoms with Crippen molar-refractivity contribution >= 4 is 11.9 Å². The first kappa shape index (κ1) is 29.7. The van der Waals surface area contributed by atoms with Gasteiger partial charge in [-0.2, -0.15) is 0 Å². The summed E-state index contributed by atoms with van der Waals surface area (Å²) >= 11 is 0. The third-order valence-electron chi connectivity index (χ3n) is 10.7. The maximum Gasteiger partial charge on any atom is 0.338 e. The molecular formula is C31H40O11. The maximum absolute atomic E-state index is 13.7. The van der Waals surface area contributed by atoms with Crippen molar-refractivity contribution in [3.63, 3.8) is 0 Å². The molecule has 11 heteroatoms. The lowest BCUT2D eigenvalue weighted by Crippen LogP contribution is -2.75. The third kappa shape index (κ3) is 3.77. The average Bonchev–Trinajstić information content (AvgIpc) is 3.33. The summed E-state index contributed by atoms with van der Waals surface area (Å²) in [6.07, 6.45) is -7.44. The fraction of sp³-hybridized carbons (Fsp3) is 0.677.